The van der Waals surface area contributed by atoms with Gasteiger partial charge in [-0.1, -0.05) is 0 Å². The van der Waals surface area contributed by atoms with E-state index in [-0.39, 0.29) is 23.2 Å². The summed E-state index contributed by atoms with van der Waals surface area (Å²) in [5.74, 6) is 0.695. The Balaban J connectivity index is 1.92. The Hall–Kier alpha value is -2.48. The van der Waals surface area contributed by atoms with Crippen molar-refractivity contribution in [1.82, 2.24) is 0 Å². The molecule has 140 valence electrons. The number of halogens is 2. The maximum absolute atomic E-state index is 12.4. The number of benzene rings is 2. The fourth-order valence-electron chi connectivity index (χ4n) is 2.09. The summed E-state index contributed by atoms with van der Waals surface area (Å²) < 4.78 is 39.6. The predicted molar refractivity (Wildman–Crippen MR) is 96.6 cm³/mol. The third kappa shape index (κ3) is 6.11. The summed E-state index contributed by atoms with van der Waals surface area (Å²) in [6.07, 6.45) is 0. The lowest BCUT2D eigenvalue weighted by atomic mass is 10.2. The number of methoxy groups -OCH3 is 1. The van der Waals surface area contributed by atoms with E-state index in [2.05, 4.69) is 10.1 Å². The molecule has 5 nitrogen and oxygen atoms in total. The van der Waals surface area contributed by atoms with Crippen molar-refractivity contribution in [2.45, 2.75) is 18.4 Å². The van der Waals surface area contributed by atoms with Gasteiger partial charge in [-0.3, -0.25) is 4.79 Å². The molecule has 8 heteroatoms. The maximum Gasteiger partial charge on any atom is 0.387 e. The lowest BCUT2D eigenvalue weighted by molar-refractivity contribution is -0.113. The molecule has 2 aromatic rings. The Morgan fingerprint density at radius 1 is 1.15 bits per heavy atom. The lowest BCUT2D eigenvalue weighted by Gasteiger charge is -2.12. The largest absolute Gasteiger partial charge is 0.494 e. The Labute approximate surface area is 154 Å². The molecule has 0 aliphatic heterocycles. The van der Waals surface area contributed by atoms with Crippen LogP contribution in [0.5, 0.6) is 17.2 Å². The third-order valence-electron chi connectivity index (χ3n) is 3.17. The Morgan fingerprint density at radius 3 is 2.50 bits per heavy atom. The number of thioether (sulfide) groups is 1. The summed E-state index contributed by atoms with van der Waals surface area (Å²) >= 11 is 1.35. The van der Waals surface area contributed by atoms with Crippen LogP contribution in [0.3, 0.4) is 0 Å². The van der Waals surface area contributed by atoms with Crippen LogP contribution in [-0.4, -0.2) is 32.0 Å². The smallest absolute Gasteiger partial charge is 0.387 e. The van der Waals surface area contributed by atoms with Crippen LogP contribution in [-0.2, 0) is 4.79 Å². The minimum atomic E-state index is -2.98. The first-order valence-corrected chi connectivity index (χ1v) is 8.78. The minimum absolute atomic E-state index is 0.139. The van der Waals surface area contributed by atoms with Gasteiger partial charge in [0.05, 0.1) is 19.5 Å². The van der Waals surface area contributed by atoms with Gasteiger partial charge in [0, 0.05) is 16.6 Å². The number of carbonyl (C=O) groups is 1. The Kier molecular flexibility index (Phi) is 7.53. The van der Waals surface area contributed by atoms with E-state index in [4.69, 9.17) is 9.47 Å². The van der Waals surface area contributed by atoms with Gasteiger partial charge in [0.25, 0.3) is 0 Å². The van der Waals surface area contributed by atoms with Crippen molar-refractivity contribution in [2.75, 3.05) is 24.8 Å². The second-order valence-corrected chi connectivity index (χ2v) is 6.03. The summed E-state index contributed by atoms with van der Waals surface area (Å²) in [5.41, 5.74) is 0.346. The van der Waals surface area contributed by atoms with E-state index in [0.29, 0.717) is 12.3 Å². The highest BCUT2D eigenvalue weighted by Gasteiger charge is 2.12. The molecule has 1 amide bonds. The molecule has 0 bridgehead atoms. The van der Waals surface area contributed by atoms with Crippen LogP contribution in [0.1, 0.15) is 6.92 Å². The van der Waals surface area contributed by atoms with Crippen LogP contribution in [0.2, 0.25) is 0 Å². The van der Waals surface area contributed by atoms with Crippen molar-refractivity contribution < 1.29 is 27.8 Å². The molecule has 2 rings (SSSR count). The highest BCUT2D eigenvalue weighted by Crippen LogP contribution is 2.31. The molecule has 0 aromatic heterocycles. The molecule has 2 aromatic carbocycles. The number of hydrogen-bond acceptors (Lipinski definition) is 5. The summed E-state index contributed by atoms with van der Waals surface area (Å²) in [4.78, 5) is 13.0. The molecule has 0 spiro atoms. The van der Waals surface area contributed by atoms with Gasteiger partial charge in [0.15, 0.2) is 11.5 Å². The van der Waals surface area contributed by atoms with Gasteiger partial charge in [0.2, 0.25) is 5.91 Å². The molecule has 0 saturated carbocycles. The summed E-state index contributed by atoms with van der Waals surface area (Å²) in [5, 5.41) is 2.64. The van der Waals surface area contributed by atoms with Crippen LogP contribution in [0, 0.1) is 0 Å². The van der Waals surface area contributed by atoms with Gasteiger partial charge in [0.1, 0.15) is 5.75 Å². The van der Waals surface area contributed by atoms with E-state index < -0.39 is 6.61 Å². The van der Waals surface area contributed by atoms with Crippen molar-refractivity contribution in [1.29, 1.82) is 0 Å². The van der Waals surface area contributed by atoms with E-state index >= 15 is 0 Å². The van der Waals surface area contributed by atoms with Crippen molar-refractivity contribution in [3.8, 4) is 17.2 Å². The molecule has 0 radical (unpaired) electrons. The number of hydrogen-bond donors (Lipinski definition) is 1. The lowest BCUT2D eigenvalue weighted by Crippen LogP contribution is -2.14. The second kappa shape index (κ2) is 9.86. The molecular formula is C18H19F2NO4S. The van der Waals surface area contributed by atoms with Gasteiger partial charge in [-0.2, -0.15) is 8.78 Å². The SMILES string of the molecule is CCOc1ccc(SCC(=O)Nc2ccc(OC)c(OC(F)F)c2)cc1. The molecule has 0 aliphatic rings. The van der Waals surface area contributed by atoms with Crippen LogP contribution >= 0.6 is 11.8 Å². The Bertz CT molecular complexity index is 726. The number of anilines is 1. The predicted octanol–water partition coefficient (Wildman–Crippen LogP) is 4.43. The molecule has 0 saturated heterocycles. The number of nitrogens with one attached hydrogen (secondary N) is 1. The summed E-state index contributed by atoms with van der Waals surface area (Å²) in [7, 11) is 1.35. The van der Waals surface area contributed by atoms with E-state index in [9.17, 15) is 13.6 Å². The summed E-state index contributed by atoms with van der Waals surface area (Å²) in [6, 6.07) is 11.7. The van der Waals surface area contributed by atoms with Crippen LogP contribution in [0.25, 0.3) is 0 Å². The Morgan fingerprint density at radius 2 is 1.88 bits per heavy atom. The summed E-state index contributed by atoms with van der Waals surface area (Å²) in [6.45, 7) is -0.483. The molecule has 1 N–H and O–H groups in total. The van der Waals surface area contributed by atoms with Crippen LogP contribution in [0.15, 0.2) is 47.4 Å². The topological polar surface area (TPSA) is 56.8 Å². The number of ether oxygens (including phenoxy) is 3. The molecule has 0 fully saturated rings. The minimum Gasteiger partial charge on any atom is -0.494 e. The second-order valence-electron chi connectivity index (χ2n) is 4.99. The molecular weight excluding hydrogens is 364 g/mol. The van der Waals surface area contributed by atoms with Gasteiger partial charge >= 0.3 is 6.61 Å². The maximum atomic E-state index is 12.4. The number of carbonyl (C=O) groups excluding carboxylic acids is 1. The zero-order chi connectivity index (χ0) is 18.9. The van der Waals surface area contributed by atoms with Crippen molar-refractivity contribution in [2.24, 2.45) is 0 Å². The number of alkyl halides is 2. The van der Waals surface area contributed by atoms with E-state index in [1.165, 1.54) is 31.0 Å². The highest BCUT2D eigenvalue weighted by molar-refractivity contribution is 8.00. The van der Waals surface area contributed by atoms with Gasteiger partial charge in [-0.05, 0) is 43.3 Å². The first-order chi connectivity index (χ1) is 12.5. The van der Waals surface area contributed by atoms with Gasteiger partial charge in [-0.25, -0.2) is 0 Å². The van der Waals surface area contributed by atoms with Crippen molar-refractivity contribution in [3.63, 3.8) is 0 Å². The van der Waals surface area contributed by atoms with Gasteiger partial charge < -0.3 is 19.5 Å². The zero-order valence-corrected chi connectivity index (χ0v) is 15.1. The van der Waals surface area contributed by atoms with Gasteiger partial charge in [-0.15, -0.1) is 11.8 Å². The normalized spacial score (nSPS) is 10.5. The molecule has 0 aliphatic carbocycles. The molecule has 0 heterocycles. The van der Waals surface area contributed by atoms with E-state index in [0.717, 1.165) is 10.6 Å². The van der Waals surface area contributed by atoms with Crippen LogP contribution in [0.4, 0.5) is 14.5 Å². The van der Waals surface area contributed by atoms with E-state index in [1.54, 1.807) is 6.07 Å². The van der Waals surface area contributed by atoms with Crippen LogP contribution < -0.4 is 19.5 Å². The fourth-order valence-corrected chi connectivity index (χ4v) is 2.79. The standard InChI is InChI=1S/C18H19F2NO4S/c1-3-24-13-5-7-14(8-6-13)26-11-17(22)21-12-4-9-15(23-2)16(10-12)25-18(19)20/h4-10,18H,3,11H2,1-2H3,(H,21,22). The molecule has 0 atom stereocenters. The van der Waals surface area contributed by atoms with Crippen molar-refractivity contribution >= 4 is 23.4 Å². The zero-order valence-electron chi connectivity index (χ0n) is 14.3. The first-order valence-electron chi connectivity index (χ1n) is 7.80. The quantitative estimate of drug-likeness (QED) is 0.650. The number of rotatable bonds is 9. The third-order valence-corrected chi connectivity index (χ3v) is 4.18. The average Bonchev–Trinajstić information content (AvgIpc) is 2.61. The monoisotopic (exact) mass is 383 g/mol. The number of amides is 1. The average molecular weight is 383 g/mol. The first kappa shape index (κ1) is 19.8. The molecule has 26 heavy (non-hydrogen) atoms. The molecule has 0 unspecified atom stereocenters. The van der Waals surface area contributed by atoms with E-state index in [1.807, 2.05) is 31.2 Å². The van der Waals surface area contributed by atoms with Crippen molar-refractivity contribution in [3.05, 3.63) is 42.5 Å². The highest BCUT2D eigenvalue weighted by atomic mass is 32.2. The fraction of sp³-hybridized carbons (Fsp3) is 0.278.